The van der Waals surface area contributed by atoms with E-state index in [2.05, 4.69) is 5.32 Å². The molecule has 0 aliphatic carbocycles. The quantitative estimate of drug-likeness (QED) is 0.418. The molecule has 0 saturated heterocycles. The van der Waals surface area contributed by atoms with Crippen molar-refractivity contribution in [2.24, 2.45) is 0 Å². The summed E-state index contributed by atoms with van der Waals surface area (Å²) in [6.07, 6.45) is 1.33. The van der Waals surface area contributed by atoms with E-state index in [0.29, 0.717) is 10.7 Å². The average molecular weight is 542 g/mol. The maximum atomic E-state index is 13.9. The minimum absolute atomic E-state index is 0.0781. The van der Waals surface area contributed by atoms with Crippen LogP contribution < -0.4 is 9.62 Å². The minimum Gasteiger partial charge on any atom is -0.357 e. The summed E-state index contributed by atoms with van der Waals surface area (Å²) in [5.74, 6) is -0.854. The fraction of sp³-hybridized carbons (Fsp3) is 0.286. The second-order valence-electron chi connectivity index (χ2n) is 8.96. The van der Waals surface area contributed by atoms with Gasteiger partial charge in [-0.2, -0.15) is 0 Å². The van der Waals surface area contributed by atoms with E-state index in [-0.39, 0.29) is 18.9 Å². The summed E-state index contributed by atoms with van der Waals surface area (Å²) >= 11 is 6.19. The van der Waals surface area contributed by atoms with Crippen LogP contribution in [0, 0.1) is 13.8 Å². The molecule has 2 amide bonds. The van der Waals surface area contributed by atoms with Gasteiger partial charge in [0.1, 0.15) is 12.6 Å². The van der Waals surface area contributed by atoms with Crippen molar-refractivity contribution in [3.63, 3.8) is 0 Å². The highest BCUT2D eigenvalue weighted by Crippen LogP contribution is 2.26. The Balaban J connectivity index is 2.06. The third-order valence-electron chi connectivity index (χ3n) is 6.28. The molecule has 0 aromatic heterocycles. The maximum absolute atomic E-state index is 13.9. The fourth-order valence-electron chi connectivity index (χ4n) is 4.15. The van der Waals surface area contributed by atoms with Crippen LogP contribution >= 0.6 is 11.6 Å². The van der Waals surface area contributed by atoms with Crippen LogP contribution in [0.5, 0.6) is 0 Å². The number of carbonyl (C=O) groups is 2. The first-order valence-electron chi connectivity index (χ1n) is 11.8. The maximum Gasteiger partial charge on any atom is 0.244 e. The van der Waals surface area contributed by atoms with Gasteiger partial charge in [-0.15, -0.1) is 0 Å². The van der Waals surface area contributed by atoms with E-state index in [0.717, 1.165) is 32.8 Å². The number of anilines is 1. The molecule has 0 fully saturated rings. The first-order chi connectivity index (χ1) is 17.5. The average Bonchev–Trinajstić information content (AvgIpc) is 2.86. The Kier molecular flexibility index (Phi) is 9.34. The molecule has 37 heavy (non-hydrogen) atoms. The van der Waals surface area contributed by atoms with Gasteiger partial charge in [-0.05, 0) is 54.3 Å². The number of amides is 2. The van der Waals surface area contributed by atoms with E-state index in [1.807, 2.05) is 56.3 Å². The Morgan fingerprint density at radius 1 is 0.946 bits per heavy atom. The summed E-state index contributed by atoms with van der Waals surface area (Å²) in [4.78, 5) is 28.5. The highest BCUT2D eigenvalue weighted by molar-refractivity contribution is 7.92. The molecule has 0 aliphatic rings. The van der Waals surface area contributed by atoms with Gasteiger partial charge in [-0.25, -0.2) is 8.42 Å². The van der Waals surface area contributed by atoms with Gasteiger partial charge in [-0.1, -0.05) is 66.2 Å². The van der Waals surface area contributed by atoms with Crippen LogP contribution in [0.15, 0.2) is 72.8 Å². The molecule has 3 aromatic carbocycles. The summed E-state index contributed by atoms with van der Waals surface area (Å²) in [5, 5.41) is 3.16. The molecule has 1 atom stereocenters. The number of halogens is 1. The Morgan fingerprint density at radius 2 is 1.59 bits per heavy atom. The molecule has 3 rings (SSSR count). The lowest BCUT2D eigenvalue weighted by Crippen LogP contribution is -2.53. The fourth-order valence-corrected chi connectivity index (χ4v) is 5.27. The summed E-state index contributed by atoms with van der Waals surface area (Å²) < 4.78 is 26.8. The van der Waals surface area contributed by atoms with Crippen LogP contribution in [0.1, 0.15) is 22.3 Å². The third-order valence-corrected chi connectivity index (χ3v) is 7.64. The van der Waals surface area contributed by atoms with Gasteiger partial charge in [0.25, 0.3) is 0 Å². The first kappa shape index (κ1) is 28.2. The van der Waals surface area contributed by atoms with Crippen molar-refractivity contribution in [3.8, 4) is 0 Å². The first-order valence-corrected chi connectivity index (χ1v) is 14.1. The number of hydrogen-bond acceptors (Lipinski definition) is 4. The van der Waals surface area contributed by atoms with Crippen molar-refractivity contribution in [3.05, 3.63) is 100 Å². The minimum atomic E-state index is -3.81. The van der Waals surface area contributed by atoms with E-state index in [4.69, 9.17) is 11.6 Å². The molecule has 0 aliphatic heterocycles. The van der Waals surface area contributed by atoms with Crippen molar-refractivity contribution in [1.29, 1.82) is 0 Å². The zero-order chi connectivity index (χ0) is 27.2. The molecular formula is C28H32ClN3O4S. The van der Waals surface area contributed by atoms with Gasteiger partial charge in [0, 0.05) is 25.0 Å². The summed E-state index contributed by atoms with van der Waals surface area (Å²) in [5.41, 5.74) is 3.68. The predicted molar refractivity (Wildman–Crippen MR) is 148 cm³/mol. The number of nitrogens with zero attached hydrogens (tertiary/aromatic N) is 2. The monoisotopic (exact) mass is 541 g/mol. The van der Waals surface area contributed by atoms with Crippen LogP contribution in [0.25, 0.3) is 0 Å². The third kappa shape index (κ3) is 7.33. The molecule has 0 heterocycles. The molecule has 0 unspecified atom stereocenters. The van der Waals surface area contributed by atoms with Crippen molar-refractivity contribution in [1.82, 2.24) is 10.2 Å². The highest BCUT2D eigenvalue weighted by atomic mass is 35.5. The lowest BCUT2D eigenvalue weighted by Gasteiger charge is -2.33. The molecule has 1 N–H and O–H groups in total. The van der Waals surface area contributed by atoms with Gasteiger partial charge in [0.15, 0.2) is 0 Å². The van der Waals surface area contributed by atoms with Crippen LogP contribution in [0.2, 0.25) is 5.02 Å². The molecular weight excluding hydrogens is 510 g/mol. The van der Waals surface area contributed by atoms with Gasteiger partial charge in [0.05, 0.1) is 11.9 Å². The van der Waals surface area contributed by atoms with E-state index in [1.54, 1.807) is 30.3 Å². The molecule has 0 saturated carbocycles. The molecule has 196 valence electrons. The number of hydrogen-bond donors (Lipinski definition) is 1. The number of sulfonamides is 1. The summed E-state index contributed by atoms with van der Waals surface area (Å²) in [6, 6.07) is 20.9. The van der Waals surface area contributed by atoms with Gasteiger partial charge in [0.2, 0.25) is 21.8 Å². The van der Waals surface area contributed by atoms with Gasteiger partial charge >= 0.3 is 0 Å². The number of likely N-dealkylation sites (N-methyl/N-ethyl adjacent to an activating group) is 1. The van der Waals surface area contributed by atoms with Crippen molar-refractivity contribution >= 4 is 39.1 Å². The van der Waals surface area contributed by atoms with E-state index in [1.165, 1.54) is 11.9 Å². The van der Waals surface area contributed by atoms with Gasteiger partial charge < -0.3 is 10.2 Å². The number of carbonyl (C=O) groups excluding carboxylic acids is 2. The predicted octanol–water partition coefficient (Wildman–Crippen LogP) is 4.11. The SMILES string of the molecule is CNC(=O)[C@H](Cc1ccccc1)N(Cc1cccc(Cl)c1)C(=O)CN(c1cccc(C)c1C)S(C)(=O)=O. The van der Waals surface area contributed by atoms with Crippen molar-refractivity contribution in [2.45, 2.75) is 32.9 Å². The molecule has 0 spiro atoms. The largest absolute Gasteiger partial charge is 0.357 e. The lowest BCUT2D eigenvalue weighted by molar-refractivity contribution is -0.139. The van der Waals surface area contributed by atoms with E-state index < -0.39 is 28.5 Å². The number of rotatable bonds is 10. The van der Waals surface area contributed by atoms with Crippen LogP contribution in [-0.2, 0) is 32.6 Å². The lowest BCUT2D eigenvalue weighted by atomic mass is 10.0. The Bertz CT molecular complexity index is 1360. The van der Waals surface area contributed by atoms with Crippen LogP contribution in [-0.4, -0.2) is 51.0 Å². The second kappa shape index (κ2) is 12.3. The van der Waals surface area contributed by atoms with Crippen LogP contribution in [0.3, 0.4) is 0 Å². The molecule has 7 nitrogen and oxygen atoms in total. The zero-order valence-corrected chi connectivity index (χ0v) is 23.0. The Morgan fingerprint density at radius 3 is 2.22 bits per heavy atom. The summed E-state index contributed by atoms with van der Waals surface area (Å²) in [6.45, 7) is 3.33. The zero-order valence-electron chi connectivity index (χ0n) is 21.4. The number of benzene rings is 3. The number of nitrogens with one attached hydrogen (secondary N) is 1. The van der Waals surface area contributed by atoms with E-state index in [9.17, 15) is 18.0 Å². The molecule has 0 radical (unpaired) electrons. The summed E-state index contributed by atoms with van der Waals surface area (Å²) in [7, 11) is -2.30. The standard InChI is InChI=1S/C28H32ClN3O4S/c1-20-10-8-15-25(21(20)2)32(37(4,35)36)19-27(33)31(18-23-13-9-14-24(29)16-23)26(28(34)30-3)17-22-11-6-5-7-12-22/h5-16,26H,17-19H2,1-4H3,(H,30,34)/t26-/m0/s1. The van der Waals surface area contributed by atoms with Crippen molar-refractivity contribution < 1.29 is 18.0 Å². The Labute approximate surface area is 224 Å². The van der Waals surface area contributed by atoms with Crippen LogP contribution in [0.4, 0.5) is 5.69 Å². The topological polar surface area (TPSA) is 86.8 Å². The normalized spacial score (nSPS) is 12.0. The number of aryl methyl sites for hydroxylation is 1. The highest BCUT2D eigenvalue weighted by Gasteiger charge is 2.33. The molecule has 0 bridgehead atoms. The smallest absolute Gasteiger partial charge is 0.244 e. The molecule has 3 aromatic rings. The van der Waals surface area contributed by atoms with E-state index >= 15 is 0 Å². The molecule has 9 heteroatoms. The van der Waals surface area contributed by atoms with Gasteiger partial charge in [-0.3, -0.25) is 13.9 Å². The Hall–Kier alpha value is -3.36. The second-order valence-corrected chi connectivity index (χ2v) is 11.3. The van der Waals surface area contributed by atoms with Crippen molar-refractivity contribution in [2.75, 3.05) is 24.2 Å².